The van der Waals surface area contributed by atoms with Crippen LogP contribution in [0.15, 0.2) is 30.3 Å². The number of ether oxygens (including phenoxy) is 1. The Morgan fingerprint density at radius 2 is 1.41 bits per heavy atom. The lowest BCUT2D eigenvalue weighted by Crippen LogP contribution is -2.23. The lowest BCUT2D eigenvalue weighted by molar-refractivity contribution is 0.0747. The van der Waals surface area contributed by atoms with Gasteiger partial charge in [-0.25, -0.2) is 0 Å². The van der Waals surface area contributed by atoms with Crippen molar-refractivity contribution in [2.45, 2.75) is 84.3 Å². The fourth-order valence-electron chi connectivity index (χ4n) is 2.76. The third kappa shape index (κ3) is 9.83. The van der Waals surface area contributed by atoms with Gasteiger partial charge in [0.25, 0.3) is 0 Å². The molecule has 0 amide bonds. The normalized spacial score (nSPS) is 12.3. The zero-order valence-electron chi connectivity index (χ0n) is 14.7. The minimum absolute atomic E-state index is 0.150. The molecule has 1 rings (SSSR count). The Hall–Kier alpha value is -1.02. The van der Waals surface area contributed by atoms with Crippen LogP contribution in [-0.4, -0.2) is 12.8 Å². The molecule has 126 valence electrons. The van der Waals surface area contributed by atoms with Crippen molar-refractivity contribution in [3.63, 3.8) is 0 Å². The second-order valence-corrected chi connectivity index (χ2v) is 6.07. The molecule has 0 radical (unpaired) electrons. The summed E-state index contributed by atoms with van der Waals surface area (Å²) in [6.45, 7) is 5.11. The van der Waals surface area contributed by atoms with Crippen molar-refractivity contribution in [2.24, 2.45) is 0 Å². The van der Waals surface area contributed by atoms with E-state index in [1.807, 2.05) is 6.07 Å². The average Bonchev–Trinajstić information content (AvgIpc) is 2.54. The summed E-state index contributed by atoms with van der Waals surface area (Å²) in [7, 11) is 0. The Bertz CT molecular complexity index is 339. The highest BCUT2D eigenvalue weighted by Gasteiger charge is 2.07. The summed E-state index contributed by atoms with van der Waals surface area (Å²) in [6, 6.07) is 10.4. The maximum Gasteiger partial charge on any atom is 0.127 e. The number of unbranched alkanes of at least 4 members (excludes halogenated alkanes) is 8. The fraction of sp³-hybridized carbons (Fsp3) is 0.700. The van der Waals surface area contributed by atoms with E-state index < -0.39 is 0 Å². The highest BCUT2D eigenvalue weighted by atomic mass is 16.5. The molecule has 0 aliphatic heterocycles. The first-order valence-corrected chi connectivity index (χ1v) is 9.30. The predicted octanol–water partition coefficient (Wildman–Crippen LogP) is 6.38. The summed E-state index contributed by atoms with van der Waals surface area (Å²) in [5.41, 5.74) is 1.15. The highest BCUT2D eigenvalue weighted by Crippen LogP contribution is 2.15. The molecular formula is C20H35NO. The summed E-state index contributed by atoms with van der Waals surface area (Å²) < 4.78 is 5.81. The van der Waals surface area contributed by atoms with Crippen molar-refractivity contribution >= 4 is 5.69 Å². The van der Waals surface area contributed by atoms with Crippen LogP contribution in [0.2, 0.25) is 0 Å². The molecule has 0 saturated carbocycles. The van der Waals surface area contributed by atoms with Crippen molar-refractivity contribution < 1.29 is 4.74 Å². The first-order valence-electron chi connectivity index (χ1n) is 9.30. The Morgan fingerprint density at radius 1 is 0.818 bits per heavy atom. The van der Waals surface area contributed by atoms with Crippen LogP contribution in [0.3, 0.4) is 0 Å². The molecule has 1 aromatic rings. The van der Waals surface area contributed by atoms with Crippen LogP contribution in [0.25, 0.3) is 0 Å². The quantitative estimate of drug-likeness (QED) is 0.318. The molecule has 0 spiro atoms. The molecule has 1 atom stereocenters. The van der Waals surface area contributed by atoms with Crippen LogP contribution >= 0.6 is 0 Å². The van der Waals surface area contributed by atoms with E-state index in [0.717, 1.165) is 18.7 Å². The Morgan fingerprint density at radius 3 is 2.00 bits per heavy atom. The molecule has 0 fully saturated rings. The van der Waals surface area contributed by atoms with Gasteiger partial charge in [-0.3, -0.25) is 0 Å². The van der Waals surface area contributed by atoms with Crippen LogP contribution in [-0.2, 0) is 4.74 Å². The second-order valence-electron chi connectivity index (χ2n) is 6.07. The van der Waals surface area contributed by atoms with Crippen LogP contribution in [0.1, 0.15) is 78.1 Å². The van der Waals surface area contributed by atoms with Gasteiger partial charge in [0.2, 0.25) is 0 Å². The van der Waals surface area contributed by atoms with Crippen molar-refractivity contribution in [2.75, 3.05) is 11.9 Å². The second kappa shape index (κ2) is 13.6. The van der Waals surface area contributed by atoms with Gasteiger partial charge < -0.3 is 10.1 Å². The van der Waals surface area contributed by atoms with E-state index in [-0.39, 0.29) is 6.23 Å². The molecule has 0 aliphatic rings. The van der Waals surface area contributed by atoms with Gasteiger partial charge in [0.1, 0.15) is 6.23 Å². The topological polar surface area (TPSA) is 21.3 Å². The average molecular weight is 306 g/mol. The molecule has 0 heterocycles. The highest BCUT2D eigenvalue weighted by molar-refractivity contribution is 5.42. The number of hydrogen-bond donors (Lipinski definition) is 1. The maximum atomic E-state index is 5.81. The summed E-state index contributed by atoms with van der Waals surface area (Å²) >= 11 is 0. The summed E-state index contributed by atoms with van der Waals surface area (Å²) in [5, 5.41) is 3.48. The van der Waals surface area contributed by atoms with E-state index in [1.165, 1.54) is 57.8 Å². The standard InChI is InChI=1S/C20H35NO/c1-3-5-6-7-8-9-10-11-15-18-20(22-4-2)21-19-16-13-12-14-17-19/h12-14,16-17,20-21H,3-11,15,18H2,1-2H3. The molecule has 2 nitrogen and oxygen atoms in total. The largest absolute Gasteiger partial charge is 0.360 e. The molecular weight excluding hydrogens is 270 g/mol. The van der Waals surface area contributed by atoms with Gasteiger partial charge in [0, 0.05) is 12.3 Å². The third-order valence-electron chi connectivity index (χ3n) is 4.04. The third-order valence-corrected chi connectivity index (χ3v) is 4.04. The van der Waals surface area contributed by atoms with Gasteiger partial charge in [-0.05, 0) is 31.9 Å². The molecule has 1 N–H and O–H groups in total. The fourth-order valence-corrected chi connectivity index (χ4v) is 2.76. The molecule has 1 unspecified atom stereocenters. The Balaban J connectivity index is 2.06. The number of hydrogen-bond acceptors (Lipinski definition) is 2. The minimum Gasteiger partial charge on any atom is -0.360 e. The molecule has 0 bridgehead atoms. The number of nitrogens with one attached hydrogen (secondary N) is 1. The molecule has 0 saturated heterocycles. The van der Waals surface area contributed by atoms with E-state index in [2.05, 4.69) is 43.4 Å². The van der Waals surface area contributed by atoms with Crippen molar-refractivity contribution in [1.29, 1.82) is 0 Å². The molecule has 0 aliphatic carbocycles. The van der Waals surface area contributed by atoms with Gasteiger partial charge in [0.15, 0.2) is 0 Å². The molecule has 0 aromatic heterocycles. The van der Waals surface area contributed by atoms with Crippen LogP contribution < -0.4 is 5.32 Å². The zero-order valence-corrected chi connectivity index (χ0v) is 14.7. The molecule has 22 heavy (non-hydrogen) atoms. The SMILES string of the molecule is CCCCCCCCCCCC(Nc1ccccc1)OCC. The Kier molecular flexibility index (Phi) is 11.8. The summed E-state index contributed by atoms with van der Waals surface area (Å²) in [5.74, 6) is 0. The number of para-hydroxylation sites is 1. The van der Waals surface area contributed by atoms with Gasteiger partial charge in [0.05, 0.1) is 0 Å². The molecule has 2 heteroatoms. The number of anilines is 1. The van der Waals surface area contributed by atoms with Gasteiger partial charge in [-0.2, -0.15) is 0 Å². The van der Waals surface area contributed by atoms with E-state index in [0.29, 0.717) is 0 Å². The maximum absolute atomic E-state index is 5.81. The van der Waals surface area contributed by atoms with E-state index in [4.69, 9.17) is 4.74 Å². The smallest absolute Gasteiger partial charge is 0.127 e. The first kappa shape index (κ1) is 19.0. The van der Waals surface area contributed by atoms with Crippen LogP contribution in [0.5, 0.6) is 0 Å². The van der Waals surface area contributed by atoms with Crippen LogP contribution in [0.4, 0.5) is 5.69 Å². The van der Waals surface area contributed by atoms with Gasteiger partial charge >= 0.3 is 0 Å². The van der Waals surface area contributed by atoms with Crippen molar-refractivity contribution in [1.82, 2.24) is 0 Å². The lowest BCUT2D eigenvalue weighted by Gasteiger charge is -2.19. The van der Waals surface area contributed by atoms with Crippen molar-refractivity contribution in [3.8, 4) is 0 Å². The van der Waals surface area contributed by atoms with E-state index in [9.17, 15) is 0 Å². The van der Waals surface area contributed by atoms with Gasteiger partial charge in [-0.1, -0.05) is 76.5 Å². The summed E-state index contributed by atoms with van der Waals surface area (Å²) in [4.78, 5) is 0. The van der Waals surface area contributed by atoms with E-state index in [1.54, 1.807) is 0 Å². The Labute approximate surface area is 137 Å². The minimum atomic E-state index is 0.150. The van der Waals surface area contributed by atoms with Gasteiger partial charge in [-0.15, -0.1) is 0 Å². The predicted molar refractivity (Wildman–Crippen MR) is 97.3 cm³/mol. The van der Waals surface area contributed by atoms with Crippen molar-refractivity contribution in [3.05, 3.63) is 30.3 Å². The first-order chi connectivity index (χ1) is 10.9. The summed E-state index contributed by atoms with van der Waals surface area (Å²) in [6.07, 6.45) is 13.6. The zero-order chi connectivity index (χ0) is 15.9. The monoisotopic (exact) mass is 305 g/mol. The van der Waals surface area contributed by atoms with E-state index >= 15 is 0 Å². The molecule has 1 aromatic carbocycles. The number of rotatable bonds is 14. The lowest BCUT2D eigenvalue weighted by atomic mass is 10.1. The number of benzene rings is 1. The van der Waals surface area contributed by atoms with Crippen LogP contribution in [0, 0.1) is 0 Å².